The average molecular weight is 384 g/mol. The molecule has 140 valence electrons. The number of benzene rings is 1. The Bertz CT molecular complexity index is 837. The molecule has 7 heteroatoms. The molecule has 3 atom stereocenters. The average Bonchev–Trinajstić information content (AvgIpc) is 3.41. The predicted molar refractivity (Wildman–Crippen MR) is 101 cm³/mol. The summed E-state index contributed by atoms with van der Waals surface area (Å²) in [6.07, 6.45) is 0.811. The third kappa shape index (κ3) is 3.65. The summed E-state index contributed by atoms with van der Waals surface area (Å²) in [6, 6.07) is 11.8. The molecule has 2 aromatic rings. The molecule has 0 aliphatic carbocycles. The van der Waals surface area contributed by atoms with Crippen LogP contribution in [0.4, 0.5) is 0 Å². The highest BCUT2D eigenvalue weighted by atomic mass is 32.1. The van der Waals surface area contributed by atoms with Crippen molar-refractivity contribution in [2.24, 2.45) is 0 Å². The number of fused-ring (bicyclic) bond motifs is 1. The third-order valence-electron chi connectivity index (χ3n) is 5.03. The molecule has 2 aliphatic rings. The Morgan fingerprint density at radius 3 is 2.78 bits per heavy atom. The third-order valence-corrected chi connectivity index (χ3v) is 5.89. The smallest absolute Gasteiger partial charge is 0.262 e. The highest BCUT2D eigenvalue weighted by molar-refractivity contribution is 7.12. The molecule has 0 bridgehead atoms. The van der Waals surface area contributed by atoms with Crippen molar-refractivity contribution < 1.29 is 19.1 Å². The molecule has 27 heavy (non-hydrogen) atoms. The van der Waals surface area contributed by atoms with Crippen molar-refractivity contribution in [3.05, 3.63) is 58.3 Å². The van der Waals surface area contributed by atoms with Crippen LogP contribution in [0.25, 0.3) is 0 Å². The summed E-state index contributed by atoms with van der Waals surface area (Å²) in [5.74, 6) is -0.562. The van der Waals surface area contributed by atoms with Gasteiger partial charge < -0.3 is 15.0 Å². The summed E-state index contributed by atoms with van der Waals surface area (Å²) in [5, 5.41) is 4.69. The van der Waals surface area contributed by atoms with Crippen LogP contribution >= 0.6 is 11.3 Å². The zero-order chi connectivity index (χ0) is 18.8. The summed E-state index contributed by atoms with van der Waals surface area (Å²) in [7, 11) is 0. The fraction of sp³-hybridized carbons (Fsp3) is 0.350. The van der Waals surface area contributed by atoms with Crippen LogP contribution in [-0.4, -0.2) is 53.8 Å². The first-order valence-electron chi connectivity index (χ1n) is 8.96. The van der Waals surface area contributed by atoms with Gasteiger partial charge in [0.1, 0.15) is 18.7 Å². The number of hydrogen-bond donors (Lipinski definition) is 1. The van der Waals surface area contributed by atoms with Crippen LogP contribution in [0.5, 0.6) is 0 Å². The normalized spacial score (nSPS) is 22.5. The zero-order valence-corrected chi connectivity index (χ0v) is 15.5. The van der Waals surface area contributed by atoms with Gasteiger partial charge in [0.25, 0.3) is 5.91 Å². The number of rotatable bonds is 5. The molecule has 2 fully saturated rings. The van der Waals surface area contributed by atoms with Crippen molar-refractivity contribution in [3.63, 3.8) is 0 Å². The summed E-state index contributed by atoms with van der Waals surface area (Å²) < 4.78 is 5.48. The van der Waals surface area contributed by atoms with Gasteiger partial charge in [-0.3, -0.25) is 14.4 Å². The monoisotopic (exact) mass is 384 g/mol. The number of Topliss-reactive ketones (excluding diaryl/α,β-unsaturated/α-hetero) is 1. The zero-order valence-electron chi connectivity index (χ0n) is 14.7. The van der Waals surface area contributed by atoms with Gasteiger partial charge in [0.2, 0.25) is 5.91 Å². The number of likely N-dealkylation sites (tertiary alicyclic amines) is 1. The summed E-state index contributed by atoms with van der Waals surface area (Å²) in [4.78, 5) is 40.1. The Morgan fingerprint density at radius 2 is 2.04 bits per heavy atom. The number of carbonyl (C=O) groups is 3. The lowest BCUT2D eigenvalue weighted by molar-refractivity contribution is -0.138. The van der Waals surface area contributed by atoms with E-state index < -0.39 is 12.1 Å². The minimum atomic E-state index is -0.728. The standard InChI is InChI=1S/C20H20N2O4S/c23-15-12-26-16-8-9-22(18(15)16)20(25)14(11-13-5-2-1-3-6-13)21-19(24)17-7-4-10-27-17/h1-7,10,14,16,18H,8-9,11-12H2,(H,21,24). The van der Waals surface area contributed by atoms with Gasteiger partial charge >= 0.3 is 0 Å². The van der Waals surface area contributed by atoms with E-state index >= 15 is 0 Å². The maximum atomic E-state index is 13.2. The summed E-state index contributed by atoms with van der Waals surface area (Å²) in [5.41, 5.74) is 0.951. The molecule has 0 radical (unpaired) electrons. The second kappa shape index (κ2) is 7.62. The number of nitrogens with zero attached hydrogens (tertiary/aromatic N) is 1. The van der Waals surface area contributed by atoms with Gasteiger partial charge in [-0.05, 0) is 23.4 Å². The lowest BCUT2D eigenvalue weighted by atomic mass is 10.0. The van der Waals surface area contributed by atoms with Crippen molar-refractivity contribution in [1.82, 2.24) is 10.2 Å². The SMILES string of the molecule is O=C(NC(Cc1ccccc1)C(=O)N1CCC2OCC(=O)C21)c1cccs1. The molecular weight excluding hydrogens is 364 g/mol. The highest BCUT2D eigenvalue weighted by Crippen LogP contribution is 2.28. The number of carbonyl (C=O) groups excluding carboxylic acids is 3. The molecule has 0 spiro atoms. The van der Waals surface area contributed by atoms with Crippen molar-refractivity contribution in [2.75, 3.05) is 13.2 Å². The maximum absolute atomic E-state index is 13.2. The van der Waals surface area contributed by atoms with E-state index in [1.807, 2.05) is 35.7 Å². The second-order valence-electron chi connectivity index (χ2n) is 6.77. The molecule has 2 aliphatic heterocycles. The van der Waals surface area contributed by atoms with Gasteiger partial charge in [-0.1, -0.05) is 36.4 Å². The van der Waals surface area contributed by atoms with Crippen LogP contribution in [0, 0.1) is 0 Å². The maximum Gasteiger partial charge on any atom is 0.262 e. The minimum absolute atomic E-state index is 0.0595. The number of amides is 2. The fourth-order valence-corrected chi connectivity index (χ4v) is 4.36. The molecule has 1 N–H and O–H groups in total. The van der Waals surface area contributed by atoms with E-state index in [-0.39, 0.29) is 30.3 Å². The lowest BCUT2D eigenvalue weighted by Crippen LogP contribution is -2.53. The Kier molecular flexibility index (Phi) is 5.05. The van der Waals surface area contributed by atoms with Crippen LogP contribution in [0.15, 0.2) is 47.8 Å². The Balaban J connectivity index is 1.55. The molecule has 2 saturated heterocycles. The van der Waals surface area contributed by atoms with Crippen molar-refractivity contribution in [1.29, 1.82) is 0 Å². The van der Waals surface area contributed by atoms with Crippen LogP contribution in [0.3, 0.4) is 0 Å². The molecule has 1 aromatic carbocycles. The Morgan fingerprint density at radius 1 is 1.22 bits per heavy atom. The lowest BCUT2D eigenvalue weighted by Gasteiger charge is -2.27. The first-order valence-corrected chi connectivity index (χ1v) is 9.84. The van der Waals surface area contributed by atoms with Gasteiger partial charge in [-0.15, -0.1) is 11.3 Å². The Labute approximate surface area is 161 Å². The number of ketones is 1. The Hall–Kier alpha value is -2.51. The molecule has 2 amide bonds. The predicted octanol–water partition coefficient (Wildman–Crippen LogP) is 1.66. The van der Waals surface area contributed by atoms with Gasteiger partial charge in [0.05, 0.1) is 11.0 Å². The van der Waals surface area contributed by atoms with E-state index in [4.69, 9.17) is 4.74 Å². The largest absolute Gasteiger partial charge is 0.368 e. The van der Waals surface area contributed by atoms with Crippen molar-refractivity contribution in [2.45, 2.75) is 31.0 Å². The quantitative estimate of drug-likeness (QED) is 0.851. The van der Waals surface area contributed by atoms with Gasteiger partial charge in [0, 0.05) is 13.0 Å². The van der Waals surface area contributed by atoms with Gasteiger partial charge in [-0.25, -0.2) is 0 Å². The van der Waals surface area contributed by atoms with Crippen LogP contribution in [0.1, 0.15) is 21.7 Å². The number of nitrogens with one attached hydrogen (secondary N) is 1. The van der Waals surface area contributed by atoms with Gasteiger partial charge in [-0.2, -0.15) is 0 Å². The molecule has 4 rings (SSSR count). The fourth-order valence-electron chi connectivity index (χ4n) is 3.73. The molecule has 1 aromatic heterocycles. The van der Waals surface area contributed by atoms with E-state index in [9.17, 15) is 14.4 Å². The summed E-state index contributed by atoms with van der Waals surface area (Å²) >= 11 is 1.33. The molecular formula is C20H20N2O4S. The summed E-state index contributed by atoms with van der Waals surface area (Å²) in [6.45, 7) is 0.532. The number of hydrogen-bond acceptors (Lipinski definition) is 5. The second-order valence-corrected chi connectivity index (χ2v) is 7.72. The van der Waals surface area contributed by atoms with E-state index in [2.05, 4.69) is 5.32 Å². The van der Waals surface area contributed by atoms with E-state index in [1.54, 1.807) is 17.0 Å². The van der Waals surface area contributed by atoms with E-state index in [0.29, 0.717) is 24.3 Å². The van der Waals surface area contributed by atoms with E-state index in [1.165, 1.54) is 11.3 Å². The van der Waals surface area contributed by atoms with Crippen molar-refractivity contribution in [3.8, 4) is 0 Å². The molecule has 0 saturated carbocycles. The molecule has 3 unspecified atom stereocenters. The number of ether oxygens (including phenoxy) is 1. The van der Waals surface area contributed by atoms with Gasteiger partial charge in [0.15, 0.2) is 5.78 Å². The topological polar surface area (TPSA) is 75.7 Å². The van der Waals surface area contributed by atoms with Crippen molar-refractivity contribution >= 4 is 28.9 Å². The minimum Gasteiger partial charge on any atom is -0.368 e. The molecule has 6 nitrogen and oxygen atoms in total. The van der Waals surface area contributed by atoms with Crippen LogP contribution in [-0.2, 0) is 20.7 Å². The van der Waals surface area contributed by atoms with Crippen LogP contribution in [0.2, 0.25) is 0 Å². The van der Waals surface area contributed by atoms with E-state index in [0.717, 1.165) is 5.56 Å². The number of thiophene rings is 1. The van der Waals surface area contributed by atoms with Crippen LogP contribution < -0.4 is 5.32 Å². The molecule has 3 heterocycles. The highest BCUT2D eigenvalue weighted by Gasteiger charge is 2.48. The first kappa shape index (κ1) is 17.9. The first-order chi connectivity index (χ1) is 13.1.